The van der Waals surface area contributed by atoms with Crippen molar-refractivity contribution in [2.24, 2.45) is 0 Å². The first kappa shape index (κ1) is 6.70. The quantitative estimate of drug-likeness (QED) is 0.491. The van der Waals surface area contributed by atoms with Gasteiger partial charge in [-0.25, -0.2) is 9.27 Å². The number of amides is 1. The maximum absolute atomic E-state index is 10.6. The predicted octanol–water partition coefficient (Wildman–Crippen LogP) is -0.0516. The first-order valence-electron chi connectivity index (χ1n) is 2.53. The molecule has 4 nitrogen and oxygen atoms in total. The molecule has 52 valence electrons. The van der Waals surface area contributed by atoms with Gasteiger partial charge in [-0.2, -0.15) is 0 Å². The molecular weight excluding hydrogens is 142 g/mol. The van der Waals surface area contributed by atoms with Crippen LogP contribution in [-0.4, -0.2) is 31.5 Å². The molecule has 1 aliphatic heterocycles. The molecule has 0 bridgehead atoms. The molecule has 2 atom stereocenters. The first-order chi connectivity index (χ1) is 4.13. The second-order valence-electron chi connectivity index (χ2n) is 1.97. The van der Waals surface area contributed by atoms with E-state index in [0.29, 0.717) is 5.06 Å². The fraction of sp³-hybridized carbons (Fsp3) is 0.750. The van der Waals surface area contributed by atoms with Crippen LogP contribution in [0.1, 0.15) is 6.92 Å². The van der Waals surface area contributed by atoms with Crippen molar-refractivity contribution in [2.45, 2.75) is 13.0 Å². The highest BCUT2D eigenvalue weighted by Crippen LogP contribution is 2.10. The van der Waals surface area contributed by atoms with Crippen LogP contribution in [0.5, 0.6) is 0 Å². The molecule has 1 N–H and O–H groups in total. The number of hydrogen-bond acceptors (Lipinski definition) is 3. The Hall–Kier alpha value is -0.420. The van der Waals surface area contributed by atoms with Crippen LogP contribution < -0.4 is 0 Å². The van der Waals surface area contributed by atoms with Crippen LogP contribution in [0.4, 0.5) is 4.79 Å². The summed E-state index contributed by atoms with van der Waals surface area (Å²) in [5.74, 6) is 0.245. The Kier molecular flexibility index (Phi) is 1.54. The number of hydroxylamine groups is 2. The van der Waals surface area contributed by atoms with E-state index in [-0.39, 0.29) is 11.8 Å². The van der Waals surface area contributed by atoms with Gasteiger partial charge < -0.3 is 0 Å². The highest BCUT2D eigenvalue weighted by molar-refractivity contribution is 8.00. The fourth-order valence-electron chi connectivity index (χ4n) is 0.645. The molecule has 0 saturated carbocycles. The zero-order valence-electron chi connectivity index (χ0n) is 4.90. The predicted molar refractivity (Wildman–Crippen MR) is 31.5 cm³/mol. The number of hydrogen-bond donors (Lipinski definition) is 1. The SMILES string of the molecule is CC1CS(=O)C(=O)N1O. The van der Waals surface area contributed by atoms with Crippen LogP contribution >= 0.6 is 0 Å². The van der Waals surface area contributed by atoms with E-state index in [4.69, 9.17) is 5.21 Å². The van der Waals surface area contributed by atoms with Crippen molar-refractivity contribution in [3.63, 3.8) is 0 Å². The lowest BCUT2D eigenvalue weighted by atomic mass is 10.4. The average Bonchev–Trinajstić information content (AvgIpc) is 1.98. The maximum Gasteiger partial charge on any atom is 0.335 e. The van der Waals surface area contributed by atoms with Crippen molar-refractivity contribution in [3.8, 4) is 0 Å². The van der Waals surface area contributed by atoms with Crippen LogP contribution in [0.3, 0.4) is 0 Å². The summed E-state index contributed by atoms with van der Waals surface area (Å²) in [5.41, 5.74) is 0. The van der Waals surface area contributed by atoms with Gasteiger partial charge in [0, 0.05) is 0 Å². The standard InChI is InChI=1S/C4H7NO3S/c1-3-2-9(8)4(6)5(3)7/h3,7H,2H2,1H3. The number of carbonyl (C=O) groups excluding carboxylic acids is 1. The molecule has 0 aliphatic carbocycles. The van der Waals surface area contributed by atoms with E-state index in [2.05, 4.69) is 0 Å². The fourth-order valence-corrected chi connectivity index (χ4v) is 1.76. The number of carbonyl (C=O) groups is 1. The molecule has 5 heteroatoms. The van der Waals surface area contributed by atoms with E-state index < -0.39 is 16.0 Å². The van der Waals surface area contributed by atoms with Crippen LogP contribution in [0, 0.1) is 0 Å². The zero-order chi connectivity index (χ0) is 7.02. The topological polar surface area (TPSA) is 57.6 Å². The second kappa shape index (κ2) is 2.07. The Morgan fingerprint density at radius 1 is 1.89 bits per heavy atom. The Labute approximate surface area is 54.9 Å². The molecule has 1 heterocycles. The summed E-state index contributed by atoms with van der Waals surface area (Å²) < 4.78 is 10.6. The summed E-state index contributed by atoms with van der Waals surface area (Å²) in [6, 6.07) is -0.293. The molecule has 1 amide bonds. The van der Waals surface area contributed by atoms with Crippen molar-refractivity contribution < 1.29 is 14.2 Å². The van der Waals surface area contributed by atoms with Gasteiger partial charge in [0.15, 0.2) is 0 Å². The largest absolute Gasteiger partial charge is 0.335 e. The highest BCUT2D eigenvalue weighted by Gasteiger charge is 2.33. The summed E-state index contributed by atoms with van der Waals surface area (Å²) in [6.07, 6.45) is 0. The van der Waals surface area contributed by atoms with E-state index in [9.17, 15) is 9.00 Å². The first-order valence-corrected chi connectivity index (χ1v) is 3.85. The molecular formula is C4H7NO3S. The maximum atomic E-state index is 10.6. The number of rotatable bonds is 0. The average molecular weight is 149 g/mol. The zero-order valence-corrected chi connectivity index (χ0v) is 5.72. The van der Waals surface area contributed by atoms with Gasteiger partial charge >= 0.3 is 5.24 Å². The van der Waals surface area contributed by atoms with Gasteiger partial charge in [0.25, 0.3) is 0 Å². The molecule has 1 rings (SSSR count). The third kappa shape index (κ3) is 0.972. The smallest absolute Gasteiger partial charge is 0.285 e. The summed E-state index contributed by atoms with van der Waals surface area (Å²) >= 11 is 0. The molecule has 0 aromatic heterocycles. The Balaban J connectivity index is 2.77. The monoisotopic (exact) mass is 149 g/mol. The van der Waals surface area contributed by atoms with Crippen LogP contribution in [0.15, 0.2) is 0 Å². The number of nitrogens with zero attached hydrogens (tertiary/aromatic N) is 1. The molecule has 0 aromatic carbocycles. The Bertz CT molecular complexity index is 169. The van der Waals surface area contributed by atoms with E-state index in [1.807, 2.05) is 0 Å². The molecule has 0 radical (unpaired) electrons. The van der Waals surface area contributed by atoms with Gasteiger partial charge in [-0.15, -0.1) is 0 Å². The van der Waals surface area contributed by atoms with Crippen LogP contribution in [0.25, 0.3) is 0 Å². The van der Waals surface area contributed by atoms with Crippen molar-refractivity contribution in [1.82, 2.24) is 5.06 Å². The molecule has 1 saturated heterocycles. The summed E-state index contributed by atoms with van der Waals surface area (Å²) in [7, 11) is -1.49. The van der Waals surface area contributed by atoms with Gasteiger partial charge in [0.1, 0.15) is 10.8 Å². The molecule has 1 fully saturated rings. The lowest BCUT2D eigenvalue weighted by Gasteiger charge is -2.08. The Morgan fingerprint density at radius 3 is 2.56 bits per heavy atom. The molecule has 1 aliphatic rings. The Morgan fingerprint density at radius 2 is 2.44 bits per heavy atom. The van der Waals surface area contributed by atoms with Crippen molar-refractivity contribution in [3.05, 3.63) is 0 Å². The molecule has 2 unspecified atom stereocenters. The van der Waals surface area contributed by atoms with Gasteiger partial charge in [0.2, 0.25) is 0 Å². The van der Waals surface area contributed by atoms with Crippen LogP contribution in [-0.2, 0) is 10.8 Å². The van der Waals surface area contributed by atoms with Gasteiger partial charge in [-0.3, -0.25) is 10.0 Å². The van der Waals surface area contributed by atoms with E-state index >= 15 is 0 Å². The normalized spacial score (nSPS) is 35.8. The minimum absolute atomic E-state index is 0.245. The summed E-state index contributed by atoms with van der Waals surface area (Å²) in [4.78, 5) is 10.5. The third-order valence-corrected chi connectivity index (χ3v) is 2.55. The van der Waals surface area contributed by atoms with Crippen LogP contribution in [0.2, 0.25) is 0 Å². The van der Waals surface area contributed by atoms with E-state index in [1.165, 1.54) is 0 Å². The minimum atomic E-state index is -1.49. The summed E-state index contributed by atoms with van der Waals surface area (Å²) in [5, 5.41) is 8.57. The molecule has 0 spiro atoms. The minimum Gasteiger partial charge on any atom is -0.285 e. The third-order valence-electron chi connectivity index (χ3n) is 1.19. The highest BCUT2D eigenvalue weighted by atomic mass is 32.2. The van der Waals surface area contributed by atoms with Gasteiger partial charge in [-0.05, 0) is 6.92 Å². The van der Waals surface area contributed by atoms with E-state index in [0.717, 1.165) is 0 Å². The van der Waals surface area contributed by atoms with Gasteiger partial charge in [0.05, 0.1) is 11.8 Å². The van der Waals surface area contributed by atoms with Crippen molar-refractivity contribution >= 4 is 16.0 Å². The second-order valence-corrected chi connectivity index (χ2v) is 3.35. The molecule has 9 heavy (non-hydrogen) atoms. The van der Waals surface area contributed by atoms with E-state index in [1.54, 1.807) is 6.92 Å². The van der Waals surface area contributed by atoms with Crippen molar-refractivity contribution in [2.75, 3.05) is 5.75 Å². The van der Waals surface area contributed by atoms with Gasteiger partial charge in [-0.1, -0.05) is 0 Å². The summed E-state index contributed by atoms with van der Waals surface area (Å²) in [6.45, 7) is 1.64. The lowest BCUT2D eigenvalue weighted by Crippen LogP contribution is -2.26. The molecule has 0 aromatic rings. The van der Waals surface area contributed by atoms with Crippen molar-refractivity contribution in [1.29, 1.82) is 0 Å². The lowest BCUT2D eigenvalue weighted by molar-refractivity contribution is -0.0508.